The molecular formula is C12H16FNO. The van der Waals surface area contributed by atoms with Crippen LogP contribution in [0.15, 0.2) is 30.9 Å². The summed E-state index contributed by atoms with van der Waals surface area (Å²) >= 11 is 0. The molecule has 0 saturated carbocycles. The first-order valence-corrected chi connectivity index (χ1v) is 4.89. The second-order valence-electron chi connectivity index (χ2n) is 3.36. The van der Waals surface area contributed by atoms with Gasteiger partial charge in [-0.05, 0) is 31.0 Å². The van der Waals surface area contributed by atoms with E-state index in [0.717, 1.165) is 6.42 Å². The molecule has 15 heavy (non-hydrogen) atoms. The molecule has 2 N–H and O–H groups in total. The van der Waals surface area contributed by atoms with E-state index in [0.29, 0.717) is 17.7 Å². The third-order valence-electron chi connectivity index (χ3n) is 2.28. The molecule has 0 radical (unpaired) electrons. The van der Waals surface area contributed by atoms with Crippen LogP contribution in [0, 0.1) is 5.82 Å². The summed E-state index contributed by atoms with van der Waals surface area (Å²) in [4.78, 5) is 0. The summed E-state index contributed by atoms with van der Waals surface area (Å²) in [5.41, 5.74) is 6.36. The minimum absolute atomic E-state index is 0.285. The van der Waals surface area contributed by atoms with Crippen LogP contribution < -0.4 is 10.5 Å². The van der Waals surface area contributed by atoms with Gasteiger partial charge in [-0.1, -0.05) is 6.08 Å². The zero-order chi connectivity index (χ0) is 11.3. The smallest absolute Gasteiger partial charge is 0.128 e. The van der Waals surface area contributed by atoms with Crippen molar-refractivity contribution >= 4 is 0 Å². The molecule has 1 aromatic carbocycles. The molecular weight excluding hydrogens is 193 g/mol. The average molecular weight is 209 g/mol. The SMILES string of the molecule is C=CCC[C@H](N)c1cc(OC)ccc1F. The minimum atomic E-state index is -0.307. The molecule has 0 amide bonds. The third kappa shape index (κ3) is 3.06. The van der Waals surface area contributed by atoms with Crippen molar-refractivity contribution in [1.29, 1.82) is 0 Å². The number of ether oxygens (including phenoxy) is 1. The predicted molar refractivity (Wildman–Crippen MR) is 59.3 cm³/mol. The third-order valence-corrected chi connectivity index (χ3v) is 2.28. The van der Waals surface area contributed by atoms with E-state index in [1.54, 1.807) is 25.3 Å². The average Bonchev–Trinajstić information content (AvgIpc) is 2.26. The summed E-state index contributed by atoms with van der Waals surface area (Å²) in [7, 11) is 1.55. The summed E-state index contributed by atoms with van der Waals surface area (Å²) in [6.45, 7) is 3.61. The lowest BCUT2D eigenvalue weighted by molar-refractivity contribution is 0.411. The van der Waals surface area contributed by atoms with Gasteiger partial charge in [0.25, 0.3) is 0 Å². The molecule has 1 rings (SSSR count). The molecule has 0 aliphatic rings. The molecule has 0 aromatic heterocycles. The van der Waals surface area contributed by atoms with Crippen molar-refractivity contribution in [3.05, 3.63) is 42.2 Å². The molecule has 0 aliphatic carbocycles. The maximum atomic E-state index is 13.4. The van der Waals surface area contributed by atoms with Crippen molar-refractivity contribution in [2.75, 3.05) is 7.11 Å². The standard InChI is InChI=1S/C12H16FNO/c1-3-4-5-12(14)10-8-9(15-2)6-7-11(10)13/h3,6-8,12H,1,4-5,14H2,2H3/t12-/m0/s1. The van der Waals surface area contributed by atoms with E-state index in [-0.39, 0.29) is 11.9 Å². The molecule has 3 heteroatoms. The first-order valence-electron chi connectivity index (χ1n) is 4.89. The summed E-state index contributed by atoms with van der Waals surface area (Å²) in [6, 6.07) is 4.29. The Hall–Kier alpha value is -1.35. The lowest BCUT2D eigenvalue weighted by Crippen LogP contribution is -2.11. The topological polar surface area (TPSA) is 35.2 Å². The van der Waals surface area contributed by atoms with Gasteiger partial charge in [-0.15, -0.1) is 6.58 Å². The van der Waals surface area contributed by atoms with Crippen molar-refractivity contribution < 1.29 is 9.13 Å². The molecule has 0 unspecified atom stereocenters. The zero-order valence-electron chi connectivity index (χ0n) is 8.87. The Labute approximate surface area is 89.6 Å². The van der Waals surface area contributed by atoms with Gasteiger partial charge in [0.1, 0.15) is 11.6 Å². The number of halogens is 1. The van der Waals surface area contributed by atoms with Crippen LogP contribution in [0.4, 0.5) is 4.39 Å². The van der Waals surface area contributed by atoms with Crippen molar-refractivity contribution in [1.82, 2.24) is 0 Å². The molecule has 0 bridgehead atoms. The second kappa shape index (κ2) is 5.51. The Morgan fingerprint density at radius 2 is 2.33 bits per heavy atom. The van der Waals surface area contributed by atoms with Crippen LogP contribution in [0.1, 0.15) is 24.4 Å². The number of rotatable bonds is 5. The molecule has 0 spiro atoms. The van der Waals surface area contributed by atoms with Crippen LogP contribution in [-0.2, 0) is 0 Å². The fourth-order valence-corrected chi connectivity index (χ4v) is 1.39. The van der Waals surface area contributed by atoms with E-state index in [1.165, 1.54) is 6.07 Å². The van der Waals surface area contributed by atoms with Gasteiger partial charge in [0, 0.05) is 11.6 Å². The lowest BCUT2D eigenvalue weighted by atomic mass is 10.0. The van der Waals surface area contributed by atoms with Crippen molar-refractivity contribution in [2.24, 2.45) is 5.73 Å². The highest BCUT2D eigenvalue weighted by Crippen LogP contribution is 2.23. The van der Waals surface area contributed by atoms with Crippen molar-refractivity contribution in [3.8, 4) is 5.75 Å². The normalized spacial score (nSPS) is 12.2. The van der Waals surface area contributed by atoms with Crippen LogP contribution in [0.5, 0.6) is 5.75 Å². The van der Waals surface area contributed by atoms with Gasteiger partial charge in [-0.3, -0.25) is 0 Å². The molecule has 2 nitrogen and oxygen atoms in total. The number of hydrogen-bond acceptors (Lipinski definition) is 2. The number of methoxy groups -OCH3 is 1. The van der Waals surface area contributed by atoms with E-state index in [9.17, 15) is 4.39 Å². The number of allylic oxidation sites excluding steroid dienone is 1. The summed E-state index contributed by atoms with van der Waals surface area (Å²) < 4.78 is 18.4. The molecule has 0 heterocycles. The van der Waals surface area contributed by atoms with E-state index in [2.05, 4.69) is 6.58 Å². The summed E-state index contributed by atoms with van der Waals surface area (Å²) in [6.07, 6.45) is 3.24. The van der Waals surface area contributed by atoms with Crippen molar-refractivity contribution in [2.45, 2.75) is 18.9 Å². The number of hydrogen-bond donors (Lipinski definition) is 1. The lowest BCUT2D eigenvalue weighted by Gasteiger charge is -2.13. The molecule has 0 aliphatic heterocycles. The molecule has 82 valence electrons. The first-order chi connectivity index (χ1) is 7.19. The Bertz CT molecular complexity index is 338. The Morgan fingerprint density at radius 1 is 1.60 bits per heavy atom. The number of nitrogens with two attached hydrogens (primary N) is 1. The highest BCUT2D eigenvalue weighted by Gasteiger charge is 2.11. The van der Waals surface area contributed by atoms with Gasteiger partial charge in [-0.25, -0.2) is 4.39 Å². The van der Waals surface area contributed by atoms with Gasteiger partial charge < -0.3 is 10.5 Å². The van der Waals surface area contributed by atoms with Gasteiger partial charge in [0.15, 0.2) is 0 Å². The zero-order valence-corrected chi connectivity index (χ0v) is 8.87. The van der Waals surface area contributed by atoms with Crippen LogP contribution in [0.25, 0.3) is 0 Å². The molecule has 1 atom stereocenters. The first kappa shape index (κ1) is 11.7. The Morgan fingerprint density at radius 3 is 2.93 bits per heavy atom. The molecule has 0 saturated heterocycles. The van der Waals surface area contributed by atoms with Crippen LogP contribution in [0.2, 0.25) is 0 Å². The van der Waals surface area contributed by atoms with E-state index >= 15 is 0 Å². The Balaban J connectivity index is 2.85. The van der Waals surface area contributed by atoms with E-state index in [4.69, 9.17) is 10.5 Å². The fraction of sp³-hybridized carbons (Fsp3) is 0.333. The second-order valence-corrected chi connectivity index (χ2v) is 3.36. The van der Waals surface area contributed by atoms with Gasteiger partial charge in [-0.2, -0.15) is 0 Å². The van der Waals surface area contributed by atoms with Gasteiger partial charge in [0.05, 0.1) is 7.11 Å². The highest BCUT2D eigenvalue weighted by molar-refractivity contribution is 5.31. The molecule has 1 aromatic rings. The van der Waals surface area contributed by atoms with Crippen molar-refractivity contribution in [3.63, 3.8) is 0 Å². The van der Waals surface area contributed by atoms with E-state index < -0.39 is 0 Å². The minimum Gasteiger partial charge on any atom is -0.497 e. The van der Waals surface area contributed by atoms with Crippen LogP contribution in [0.3, 0.4) is 0 Å². The maximum Gasteiger partial charge on any atom is 0.128 e. The predicted octanol–water partition coefficient (Wildman–Crippen LogP) is 2.80. The summed E-state index contributed by atoms with van der Waals surface area (Å²) in [5.74, 6) is 0.341. The highest BCUT2D eigenvalue weighted by atomic mass is 19.1. The van der Waals surface area contributed by atoms with Gasteiger partial charge >= 0.3 is 0 Å². The monoisotopic (exact) mass is 209 g/mol. The van der Waals surface area contributed by atoms with Crippen LogP contribution >= 0.6 is 0 Å². The van der Waals surface area contributed by atoms with E-state index in [1.807, 2.05) is 0 Å². The van der Waals surface area contributed by atoms with Crippen LogP contribution in [-0.4, -0.2) is 7.11 Å². The quantitative estimate of drug-likeness (QED) is 0.757. The van der Waals surface area contributed by atoms with Gasteiger partial charge in [0.2, 0.25) is 0 Å². The summed E-state index contributed by atoms with van der Waals surface area (Å²) in [5, 5.41) is 0. The maximum absolute atomic E-state index is 13.4. The Kier molecular flexibility index (Phi) is 4.31. The fourth-order valence-electron chi connectivity index (χ4n) is 1.39. The molecule has 0 fully saturated rings. The largest absolute Gasteiger partial charge is 0.497 e. The number of benzene rings is 1.